The molecule has 0 amide bonds. The van der Waals surface area contributed by atoms with Crippen LogP contribution in [-0.2, 0) is 13.0 Å². The van der Waals surface area contributed by atoms with Crippen LogP contribution in [0.25, 0.3) is 0 Å². The summed E-state index contributed by atoms with van der Waals surface area (Å²) in [6, 6.07) is 8.38. The zero-order chi connectivity index (χ0) is 14.1. The van der Waals surface area contributed by atoms with Gasteiger partial charge in [0.1, 0.15) is 0 Å². The number of aromatic nitrogens is 2. The lowest BCUT2D eigenvalue weighted by Crippen LogP contribution is -2.16. The van der Waals surface area contributed by atoms with E-state index in [1.165, 1.54) is 17.3 Å². The van der Waals surface area contributed by atoms with Gasteiger partial charge in [0.05, 0.1) is 17.8 Å². The molecule has 0 saturated carbocycles. The topological polar surface area (TPSA) is 61.0 Å². The third-order valence-corrected chi connectivity index (χ3v) is 4.04. The number of benzene rings is 1. The molecule has 0 N–H and O–H groups in total. The first-order chi connectivity index (χ1) is 9.65. The Morgan fingerprint density at radius 2 is 2.25 bits per heavy atom. The van der Waals surface area contributed by atoms with Crippen LogP contribution in [0.1, 0.15) is 29.9 Å². The lowest BCUT2D eigenvalue weighted by atomic mass is 9.83. The second kappa shape index (κ2) is 5.25. The van der Waals surface area contributed by atoms with Crippen LogP contribution in [-0.4, -0.2) is 14.7 Å². The number of hydrogen-bond acceptors (Lipinski definition) is 3. The van der Waals surface area contributed by atoms with Crippen molar-refractivity contribution in [3.8, 4) is 0 Å². The van der Waals surface area contributed by atoms with Gasteiger partial charge in [-0.2, -0.15) is 4.68 Å². The molecule has 0 radical (unpaired) electrons. The van der Waals surface area contributed by atoms with Crippen LogP contribution in [0.4, 0.5) is 5.82 Å². The molecule has 1 heterocycles. The van der Waals surface area contributed by atoms with E-state index in [0.717, 1.165) is 19.3 Å². The first kappa shape index (κ1) is 13.1. The van der Waals surface area contributed by atoms with E-state index in [9.17, 15) is 10.1 Å². The summed E-state index contributed by atoms with van der Waals surface area (Å²) in [6.07, 6.45) is 4.85. The van der Waals surface area contributed by atoms with E-state index in [1.54, 1.807) is 4.68 Å². The summed E-state index contributed by atoms with van der Waals surface area (Å²) < 4.78 is 1.59. The fourth-order valence-electron chi connectivity index (χ4n) is 2.87. The van der Waals surface area contributed by atoms with Gasteiger partial charge in [-0.05, 0) is 35.3 Å². The summed E-state index contributed by atoms with van der Waals surface area (Å²) in [7, 11) is 0. The fraction of sp³-hybridized carbons (Fsp3) is 0.357. The maximum Gasteiger partial charge on any atom is 0.408 e. The van der Waals surface area contributed by atoms with Crippen LogP contribution >= 0.6 is 11.6 Å². The van der Waals surface area contributed by atoms with Gasteiger partial charge >= 0.3 is 5.82 Å². The Labute approximate surface area is 121 Å². The van der Waals surface area contributed by atoms with E-state index < -0.39 is 4.92 Å². The lowest BCUT2D eigenvalue weighted by molar-refractivity contribution is -0.389. The molecule has 0 fully saturated rings. The number of fused-ring (bicyclic) bond motifs is 1. The first-order valence-electron chi connectivity index (χ1n) is 6.60. The van der Waals surface area contributed by atoms with Crippen molar-refractivity contribution in [3.05, 3.63) is 56.7 Å². The maximum atomic E-state index is 10.8. The molecular formula is C14H14ClN3O2. The Morgan fingerprint density at radius 1 is 1.45 bits per heavy atom. The van der Waals surface area contributed by atoms with Gasteiger partial charge in [-0.3, -0.25) is 0 Å². The fourth-order valence-corrected chi connectivity index (χ4v) is 3.09. The monoisotopic (exact) mass is 291 g/mol. The van der Waals surface area contributed by atoms with E-state index in [4.69, 9.17) is 11.6 Å². The predicted molar refractivity (Wildman–Crippen MR) is 76.0 cm³/mol. The summed E-state index contributed by atoms with van der Waals surface area (Å²) in [5.41, 5.74) is 2.70. The summed E-state index contributed by atoms with van der Waals surface area (Å²) in [5.74, 6) is 0.0753. The van der Waals surface area contributed by atoms with Crippen LogP contribution in [0.15, 0.2) is 30.5 Å². The third-order valence-electron chi connectivity index (χ3n) is 3.77. The van der Waals surface area contributed by atoms with E-state index in [-0.39, 0.29) is 10.8 Å². The highest BCUT2D eigenvalue weighted by molar-refractivity contribution is 6.32. The molecule has 5 nitrogen and oxygen atoms in total. The Kier molecular flexibility index (Phi) is 3.44. The highest BCUT2D eigenvalue weighted by atomic mass is 35.5. The van der Waals surface area contributed by atoms with Gasteiger partial charge in [0.2, 0.25) is 0 Å². The minimum absolute atomic E-state index is 0.0964. The first-order valence-corrected chi connectivity index (χ1v) is 6.98. The Morgan fingerprint density at radius 3 is 3.00 bits per heavy atom. The molecule has 1 atom stereocenters. The molecule has 0 aliphatic heterocycles. The highest BCUT2D eigenvalue weighted by Gasteiger charge is 2.24. The summed E-state index contributed by atoms with van der Waals surface area (Å²) >= 11 is 5.83. The molecule has 3 rings (SSSR count). The highest BCUT2D eigenvalue weighted by Crippen LogP contribution is 2.33. The van der Waals surface area contributed by atoms with Gasteiger partial charge in [0.25, 0.3) is 0 Å². The van der Waals surface area contributed by atoms with Crippen LogP contribution < -0.4 is 0 Å². The largest absolute Gasteiger partial charge is 0.408 e. The quantitative estimate of drug-likeness (QED) is 0.641. The number of rotatable bonds is 3. The SMILES string of the molecule is O=[N+]([O-])c1nn(CC2CCCc3ccccc32)cc1Cl. The molecule has 20 heavy (non-hydrogen) atoms. The number of aryl methyl sites for hydroxylation is 1. The van der Waals surface area contributed by atoms with Crippen molar-refractivity contribution in [2.45, 2.75) is 31.7 Å². The molecule has 1 aliphatic carbocycles. The number of halogens is 1. The van der Waals surface area contributed by atoms with Crippen LogP contribution in [0.3, 0.4) is 0 Å². The van der Waals surface area contributed by atoms with Crippen molar-refractivity contribution in [1.29, 1.82) is 0 Å². The Balaban J connectivity index is 1.86. The Bertz CT molecular complexity index is 654. The molecule has 1 aliphatic rings. The summed E-state index contributed by atoms with van der Waals surface area (Å²) in [6.45, 7) is 0.630. The molecule has 0 spiro atoms. The van der Waals surface area contributed by atoms with Gasteiger partial charge < -0.3 is 10.1 Å². The molecule has 6 heteroatoms. The second-order valence-electron chi connectivity index (χ2n) is 5.07. The molecule has 1 aromatic carbocycles. The van der Waals surface area contributed by atoms with E-state index in [2.05, 4.69) is 23.3 Å². The summed E-state index contributed by atoms with van der Waals surface area (Å²) in [4.78, 5) is 10.2. The lowest BCUT2D eigenvalue weighted by Gasteiger charge is -2.24. The molecule has 1 aromatic heterocycles. The molecule has 2 aromatic rings. The maximum absolute atomic E-state index is 10.8. The van der Waals surface area contributed by atoms with Crippen LogP contribution in [0, 0.1) is 10.1 Å². The van der Waals surface area contributed by atoms with Crippen molar-refractivity contribution in [3.63, 3.8) is 0 Å². The zero-order valence-electron chi connectivity index (χ0n) is 10.8. The average molecular weight is 292 g/mol. The average Bonchev–Trinajstić information content (AvgIpc) is 2.80. The summed E-state index contributed by atoms with van der Waals surface area (Å²) in [5, 5.41) is 14.8. The third kappa shape index (κ3) is 2.41. The normalized spacial score (nSPS) is 17.8. The van der Waals surface area contributed by atoms with E-state index >= 15 is 0 Å². The van der Waals surface area contributed by atoms with Crippen molar-refractivity contribution in [2.75, 3.05) is 0 Å². The van der Waals surface area contributed by atoms with Crippen molar-refractivity contribution < 1.29 is 4.92 Å². The predicted octanol–water partition coefficient (Wildman–Crippen LogP) is 3.56. The van der Waals surface area contributed by atoms with Crippen molar-refractivity contribution in [1.82, 2.24) is 9.78 Å². The number of nitro groups is 1. The van der Waals surface area contributed by atoms with Crippen molar-refractivity contribution >= 4 is 17.4 Å². The van der Waals surface area contributed by atoms with E-state index in [1.807, 2.05) is 6.07 Å². The smallest absolute Gasteiger partial charge is 0.358 e. The second-order valence-corrected chi connectivity index (χ2v) is 5.47. The van der Waals surface area contributed by atoms with Gasteiger partial charge in [-0.25, -0.2) is 0 Å². The molecule has 0 saturated heterocycles. The molecular weight excluding hydrogens is 278 g/mol. The molecule has 104 valence electrons. The van der Waals surface area contributed by atoms with Crippen molar-refractivity contribution in [2.24, 2.45) is 0 Å². The van der Waals surface area contributed by atoms with Gasteiger partial charge in [-0.15, -0.1) is 0 Å². The van der Waals surface area contributed by atoms with Gasteiger partial charge in [0.15, 0.2) is 5.02 Å². The Hall–Kier alpha value is -1.88. The molecule has 1 unspecified atom stereocenters. The van der Waals surface area contributed by atoms with Crippen LogP contribution in [0.5, 0.6) is 0 Å². The van der Waals surface area contributed by atoms with E-state index in [0.29, 0.717) is 12.5 Å². The number of nitrogens with zero attached hydrogens (tertiary/aromatic N) is 3. The molecule has 0 bridgehead atoms. The minimum atomic E-state index is -0.548. The zero-order valence-corrected chi connectivity index (χ0v) is 11.6. The standard InChI is InChI=1S/C14H14ClN3O2/c15-13-9-17(16-14(13)18(19)20)8-11-6-3-5-10-4-1-2-7-12(10)11/h1-2,4,7,9,11H,3,5-6,8H2. The van der Waals surface area contributed by atoms with Gasteiger partial charge in [0, 0.05) is 5.92 Å². The van der Waals surface area contributed by atoms with Crippen LogP contribution in [0.2, 0.25) is 5.02 Å². The number of hydrogen-bond donors (Lipinski definition) is 0. The minimum Gasteiger partial charge on any atom is -0.358 e. The van der Waals surface area contributed by atoms with Gasteiger partial charge in [-0.1, -0.05) is 35.9 Å².